The summed E-state index contributed by atoms with van der Waals surface area (Å²) >= 11 is 0. The van der Waals surface area contributed by atoms with Gasteiger partial charge in [-0.3, -0.25) is 9.59 Å². The highest BCUT2D eigenvalue weighted by molar-refractivity contribution is 5.99. The number of carbonyl (C=O) groups is 2. The highest BCUT2D eigenvalue weighted by Gasteiger charge is 2.06. The summed E-state index contributed by atoms with van der Waals surface area (Å²) in [5.41, 5.74) is 1.43. The molecule has 1 aromatic rings. The van der Waals surface area contributed by atoms with Gasteiger partial charge >= 0.3 is 0 Å². The van der Waals surface area contributed by atoms with E-state index in [-0.39, 0.29) is 11.7 Å². The van der Waals surface area contributed by atoms with E-state index in [0.29, 0.717) is 12.1 Å². The SMILES string of the molecule is CCCCCCC(=O)/C=C(\NC(C)=O)c1ccccc1. The van der Waals surface area contributed by atoms with Gasteiger partial charge in [-0.05, 0) is 12.0 Å². The average molecular weight is 273 g/mol. The number of hydrogen-bond donors (Lipinski definition) is 1. The van der Waals surface area contributed by atoms with Crippen molar-refractivity contribution < 1.29 is 9.59 Å². The minimum atomic E-state index is -0.168. The van der Waals surface area contributed by atoms with Crippen molar-refractivity contribution >= 4 is 17.4 Å². The fraction of sp³-hybridized carbons (Fsp3) is 0.412. The number of nitrogens with one attached hydrogen (secondary N) is 1. The van der Waals surface area contributed by atoms with Crippen LogP contribution in [0.15, 0.2) is 36.4 Å². The molecule has 20 heavy (non-hydrogen) atoms. The first-order valence-corrected chi connectivity index (χ1v) is 7.21. The monoisotopic (exact) mass is 273 g/mol. The molecule has 0 aliphatic carbocycles. The van der Waals surface area contributed by atoms with Gasteiger partial charge in [0.25, 0.3) is 0 Å². The lowest BCUT2D eigenvalue weighted by Crippen LogP contribution is -2.19. The third-order valence-electron chi connectivity index (χ3n) is 2.98. The minimum Gasteiger partial charge on any atom is -0.326 e. The number of unbranched alkanes of at least 4 members (excludes halogenated alkanes) is 3. The molecule has 3 heteroatoms. The molecule has 0 saturated heterocycles. The Bertz CT molecular complexity index is 463. The lowest BCUT2D eigenvalue weighted by atomic mass is 10.1. The fourth-order valence-corrected chi connectivity index (χ4v) is 1.96. The number of allylic oxidation sites excluding steroid dienone is 1. The molecule has 108 valence electrons. The lowest BCUT2D eigenvalue weighted by molar-refractivity contribution is -0.117. The van der Waals surface area contributed by atoms with E-state index >= 15 is 0 Å². The highest BCUT2D eigenvalue weighted by Crippen LogP contribution is 2.12. The molecule has 1 aromatic carbocycles. The number of hydrogen-bond acceptors (Lipinski definition) is 2. The van der Waals surface area contributed by atoms with Gasteiger partial charge in [-0.25, -0.2) is 0 Å². The van der Waals surface area contributed by atoms with Gasteiger partial charge in [0.05, 0.1) is 5.70 Å². The standard InChI is InChI=1S/C17H23NO2/c1-3-4-5-9-12-16(20)13-17(18-14(2)19)15-10-7-6-8-11-15/h6-8,10-11,13H,3-5,9,12H2,1-2H3,(H,18,19)/b17-13-. The second kappa shape index (κ2) is 9.08. The first-order valence-electron chi connectivity index (χ1n) is 7.21. The molecule has 0 radical (unpaired) electrons. The van der Waals surface area contributed by atoms with E-state index in [4.69, 9.17) is 0 Å². The van der Waals surface area contributed by atoms with Gasteiger partial charge in [0.15, 0.2) is 5.78 Å². The van der Waals surface area contributed by atoms with Gasteiger partial charge < -0.3 is 5.32 Å². The summed E-state index contributed by atoms with van der Waals surface area (Å²) in [6, 6.07) is 9.44. The van der Waals surface area contributed by atoms with Crippen molar-refractivity contribution in [3.63, 3.8) is 0 Å². The predicted octanol–water partition coefficient (Wildman–Crippen LogP) is 3.70. The zero-order chi connectivity index (χ0) is 14.8. The molecule has 0 fully saturated rings. The Hall–Kier alpha value is -1.90. The van der Waals surface area contributed by atoms with Crippen LogP contribution in [-0.4, -0.2) is 11.7 Å². The van der Waals surface area contributed by atoms with Crippen LogP contribution in [0.3, 0.4) is 0 Å². The van der Waals surface area contributed by atoms with E-state index in [1.807, 2.05) is 30.3 Å². The first kappa shape index (κ1) is 16.2. The van der Waals surface area contributed by atoms with Crippen LogP contribution in [0, 0.1) is 0 Å². The fourth-order valence-electron chi connectivity index (χ4n) is 1.96. The normalized spacial score (nSPS) is 11.2. The van der Waals surface area contributed by atoms with Gasteiger partial charge in [0.1, 0.15) is 0 Å². The molecule has 1 N–H and O–H groups in total. The minimum absolute atomic E-state index is 0.0636. The zero-order valence-corrected chi connectivity index (χ0v) is 12.3. The molecule has 0 unspecified atom stereocenters. The Morgan fingerprint density at radius 3 is 2.40 bits per heavy atom. The van der Waals surface area contributed by atoms with E-state index in [0.717, 1.165) is 31.2 Å². The van der Waals surface area contributed by atoms with Crippen LogP contribution in [-0.2, 0) is 9.59 Å². The Kier molecular flexibility index (Phi) is 7.33. The van der Waals surface area contributed by atoms with Gasteiger partial charge in [-0.1, -0.05) is 56.5 Å². The summed E-state index contributed by atoms with van der Waals surface area (Å²) in [6.45, 7) is 3.59. The molecule has 0 aliphatic rings. The number of benzene rings is 1. The quantitative estimate of drug-likeness (QED) is 0.580. The molecule has 0 saturated carbocycles. The molecule has 0 bridgehead atoms. The molecule has 0 aliphatic heterocycles. The topological polar surface area (TPSA) is 46.2 Å². The third kappa shape index (κ3) is 6.32. The number of ketones is 1. The van der Waals surface area contributed by atoms with Crippen molar-refractivity contribution in [1.82, 2.24) is 5.32 Å². The van der Waals surface area contributed by atoms with E-state index in [1.165, 1.54) is 6.92 Å². The van der Waals surface area contributed by atoms with Crippen LogP contribution in [0.5, 0.6) is 0 Å². The molecule has 0 heterocycles. The molecule has 1 rings (SSSR count). The molecular weight excluding hydrogens is 250 g/mol. The summed E-state index contributed by atoms with van der Waals surface area (Å²) in [4.78, 5) is 23.2. The predicted molar refractivity (Wildman–Crippen MR) is 82.0 cm³/mol. The van der Waals surface area contributed by atoms with Crippen LogP contribution in [0.2, 0.25) is 0 Å². The van der Waals surface area contributed by atoms with Gasteiger partial charge in [-0.15, -0.1) is 0 Å². The van der Waals surface area contributed by atoms with Gasteiger partial charge in [-0.2, -0.15) is 0 Å². The second-order valence-corrected chi connectivity index (χ2v) is 4.88. The average Bonchev–Trinajstić information content (AvgIpc) is 2.43. The lowest BCUT2D eigenvalue weighted by Gasteiger charge is -2.08. The summed E-state index contributed by atoms with van der Waals surface area (Å²) in [7, 11) is 0. The van der Waals surface area contributed by atoms with Crippen LogP contribution in [0.4, 0.5) is 0 Å². The summed E-state index contributed by atoms with van der Waals surface area (Å²) < 4.78 is 0. The van der Waals surface area contributed by atoms with Crippen molar-refractivity contribution in [2.75, 3.05) is 0 Å². The van der Waals surface area contributed by atoms with Crippen molar-refractivity contribution in [3.05, 3.63) is 42.0 Å². The van der Waals surface area contributed by atoms with Gasteiger partial charge in [0, 0.05) is 19.4 Å². The van der Waals surface area contributed by atoms with Crippen molar-refractivity contribution in [1.29, 1.82) is 0 Å². The van der Waals surface area contributed by atoms with Crippen molar-refractivity contribution in [2.45, 2.75) is 46.0 Å². The summed E-state index contributed by atoms with van der Waals surface area (Å²) in [6.07, 6.45) is 6.39. The Morgan fingerprint density at radius 1 is 1.10 bits per heavy atom. The van der Waals surface area contributed by atoms with Crippen LogP contribution in [0.25, 0.3) is 5.70 Å². The van der Waals surface area contributed by atoms with Crippen LogP contribution < -0.4 is 5.32 Å². The second-order valence-electron chi connectivity index (χ2n) is 4.88. The third-order valence-corrected chi connectivity index (χ3v) is 2.98. The molecule has 3 nitrogen and oxygen atoms in total. The van der Waals surface area contributed by atoms with Crippen LogP contribution >= 0.6 is 0 Å². The zero-order valence-electron chi connectivity index (χ0n) is 12.3. The maximum absolute atomic E-state index is 11.9. The number of amides is 1. The van der Waals surface area contributed by atoms with E-state index < -0.39 is 0 Å². The van der Waals surface area contributed by atoms with Crippen molar-refractivity contribution in [3.8, 4) is 0 Å². The molecule has 1 amide bonds. The Morgan fingerprint density at radius 2 is 1.80 bits per heavy atom. The van der Waals surface area contributed by atoms with E-state index in [2.05, 4.69) is 12.2 Å². The summed E-state index contributed by atoms with van der Waals surface area (Å²) in [5, 5.41) is 2.73. The van der Waals surface area contributed by atoms with Crippen molar-refractivity contribution in [2.24, 2.45) is 0 Å². The van der Waals surface area contributed by atoms with E-state index in [1.54, 1.807) is 6.08 Å². The Labute approximate surface area is 121 Å². The molecule has 0 aromatic heterocycles. The highest BCUT2D eigenvalue weighted by atomic mass is 16.1. The maximum atomic E-state index is 11.9. The van der Waals surface area contributed by atoms with Gasteiger partial charge in [0.2, 0.25) is 5.91 Å². The molecule has 0 spiro atoms. The molecule has 0 atom stereocenters. The largest absolute Gasteiger partial charge is 0.326 e. The number of carbonyl (C=O) groups excluding carboxylic acids is 2. The number of rotatable bonds is 8. The smallest absolute Gasteiger partial charge is 0.221 e. The van der Waals surface area contributed by atoms with Crippen LogP contribution in [0.1, 0.15) is 51.5 Å². The Balaban J connectivity index is 2.70. The molecular formula is C17H23NO2. The summed E-state index contributed by atoms with van der Waals surface area (Å²) in [5.74, 6) is -0.104. The maximum Gasteiger partial charge on any atom is 0.221 e. The van der Waals surface area contributed by atoms with E-state index in [9.17, 15) is 9.59 Å². The first-order chi connectivity index (χ1) is 9.63.